The molecule has 0 fully saturated rings. The molecular weight excluding hydrogens is 1790 g/mol. The molecule has 20 aromatic rings. The van der Waals surface area contributed by atoms with Crippen LogP contribution >= 0.6 is 46.9 Å². The molecule has 25 rings (SSSR count). The summed E-state index contributed by atoms with van der Waals surface area (Å²) in [6.07, 6.45) is 12.2. The first kappa shape index (κ1) is 84.3. The molecule has 0 radical (unpaired) electrons. The summed E-state index contributed by atoms with van der Waals surface area (Å²) in [6, 6.07) is 65.8. The van der Waals surface area contributed by atoms with Gasteiger partial charge in [0.25, 0.3) is 0 Å². The van der Waals surface area contributed by atoms with Crippen molar-refractivity contribution in [2.45, 2.75) is 29.6 Å². The second-order valence-corrected chi connectivity index (χ2v) is 32.9. The van der Waals surface area contributed by atoms with E-state index in [1.165, 1.54) is 46.9 Å². The monoisotopic (exact) mass is 1860 g/mol. The van der Waals surface area contributed by atoms with Gasteiger partial charge in [0.15, 0.2) is 0 Å². The standard InChI is InChI=1S/3C20H14N6OS.C19H12N6S.C18H11N7O/c1-21-19-16(13-7-4-8-15-18(13)26-28-25-15)14-10-22-24-20(14)23-17(19)11-5-3-6-12(9-11)27-2;1-21-19-16(12-7-5-8-14-17(12)26-28-25-14)13-10-22-24-20(13)23-18(19)11-6-3-4-9-15(11)27-2;1-21-19-16(13-4-3-5-15-18(13)26-28-25-15)14-10-22-24-20(14)23-17(19)11-6-8-12(27-2)9-7-11;1-20-18-15(12-8-5-9-14-17(12)25-26-24-14)13-10-21-23-19(13)22-16(18)11-6-3-2-4-7-11;1-19-17-14(11-3-2-4-13-16(11)25-26-24-13)12-9-21-23-18(12)22-15(17)10-5-7-20-8-6-10/h3*3-10,16H,2H3,(H2,22,23,24);2-10,15H,(H2,21,22,23);2-9,14H,(H2,21,22,23). The molecule has 5 aliphatic heterocycles. The summed E-state index contributed by atoms with van der Waals surface area (Å²) in [5.41, 5.74) is 28.2. The predicted molar refractivity (Wildman–Crippen MR) is 519 cm³/mol. The number of nitrogens with zero attached hydrogens (tertiary/aromatic N) is 21. The number of nitrogens with one attached hydrogen (secondary N) is 10. The van der Waals surface area contributed by atoms with Crippen LogP contribution in [0.4, 0.5) is 29.1 Å². The lowest BCUT2D eigenvalue weighted by atomic mass is 9.85. The molecule has 0 aliphatic carbocycles. The van der Waals surface area contributed by atoms with E-state index >= 15 is 0 Å². The molecule has 9 aromatic carbocycles. The van der Waals surface area contributed by atoms with Crippen LogP contribution in [0.2, 0.25) is 0 Å². The molecule has 0 bridgehead atoms. The van der Waals surface area contributed by atoms with E-state index < -0.39 is 0 Å². The van der Waals surface area contributed by atoms with E-state index in [4.69, 9.17) is 51.7 Å². The number of rotatable bonds is 13. The Kier molecular flexibility index (Phi) is 22.8. The number of ether oxygens (including phenoxy) is 3. The number of aromatic amines is 5. The van der Waals surface area contributed by atoms with Crippen LogP contribution in [0.3, 0.4) is 0 Å². The number of benzene rings is 9. The van der Waals surface area contributed by atoms with Crippen molar-refractivity contribution in [3.63, 3.8) is 0 Å². The molecule has 10 N–H and O–H groups in total. The van der Waals surface area contributed by atoms with E-state index in [0.29, 0.717) is 51.0 Å². The van der Waals surface area contributed by atoms with E-state index in [-0.39, 0.29) is 29.6 Å². The lowest BCUT2D eigenvalue weighted by Crippen LogP contribution is -2.17. The molecule has 0 saturated heterocycles. The zero-order valence-corrected chi connectivity index (χ0v) is 74.5. The summed E-state index contributed by atoms with van der Waals surface area (Å²) in [5.74, 6) is 4.61. The van der Waals surface area contributed by atoms with Gasteiger partial charge < -0.3 is 40.8 Å². The molecule has 656 valence electrons. The molecule has 35 nitrogen and oxygen atoms in total. The highest BCUT2D eigenvalue weighted by atomic mass is 32.1. The predicted octanol–water partition coefficient (Wildman–Crippen LogP) is 20.3. The zero-order chi connectivity index (χ0) is 92.3. The molecule has 0 spiro atoms. The highest BCUT2D eigenvalue weighted by Crippen LogP contribution is 2.53. The van der Waals surface area contributed by atoms with E-state index in [0.717, 1.165) is 191 Å². The van der Waals surface area contributed by atoms with Gasteiger partial charge in [-0.25, -0.2) is 28.9 Å². The minimum Gasteiger partial charge on any atom is -0.497 e. The Morgan fingerprint density at radius 3 is 1.01 bits per heavy atom. The number of anilines is 5. The third kappa shape index (κ3) is 15.3. The first-order valence-corrected chi connectivity index (χ1v) is 44.6. The lowest BCUT2D eigenvalue weighted by molar-refractivity contribution is 0.315. The summed E-state index contributed by atoms with van der Waals surface area (Å²) in [5, 5.41) is 60.6. The van der Waals surface area contributed by atoms with E-state index in [1.807, 2.05) is 206 Å². The van der Waals surface area contributed by atoms with Gasteiger partial charge in [0, 0.05) is 68.6 Å². The van der Waals surface area contributed by atoms with Gasteiger partial charge in [-0.15, -0.1) is 0 Å². The summed E-state index contributed by atoms with van der Waals surface area (Å²) >= 11 is 4.72. The third-order valence-electron chi connectivity index (χ3n) is 23.7. The second-order valence-electron chi connectivity index (χ2n) is 30.8. The number of pyridine rings is 1. The topological polar surface area (TPSA) is 408 Å². The SMILES string of the molecule is [C-]#[N+]C1=C(c2ccc(OC)cc2)Nc2[nH]ncc2C1c1cccc2nsnc12.[C-]#[N+]C1=C(c2cccc(OC)c2)Nc2[nH]ncc2C1c1cccc2nsnc12.[C-]#[N+]C1=C(c2ccccc2)Nc2[nH]ncc2C1c1cccc2nsnc12.[C-]#[N+]C1=C(c2ccccc2OC)Nc2[nH]ncc2C1c1cccc2nsnc12.[C-]#[N+]C1=C(c2ccncc2)Nc2[nH]ncc2C1c1cccc2nonc12. The summed E-state index contributed by atoms with van der Waals surface area (Å²) in [7, 11) is 4.89. The fraction of sp³-hybridized carbons (Fsp3) is 0.0825. The number of H-pyrrole nitrogens is 5. The van der Waals surface area contributed by atoms with E-state index in [9.17, 15) is 0 Å². The molecular formula is C97H65N31O4S4. The Labute approximate surface area is 787 Å². The van der Waals surface area contributed by atoms with Gasteiger partial charge >= 0.3 is 0 Å². The second kappa shape index (κ2) is 36.7. The van der Waals surface area contributed by atoms with Crippen molar-refractivity contribution in [2.75, 3.05) is 47.9 Å². The Morgan fingerprint density at radius 1 is 0.287 bits per heavy atom. The van der Waals surface area contributed by atoms with Crippen molar-refractivity contribution >= 4 is 160 Å². The van der Waals surface area contributed by atoms with Gasteiger partial charge in [0.2, 0.25) is 28.5 Å². The maximum Gasteiger partial charge on any atom is 0.200 e. The highest BCUT2D eigenvalue weighted by molar-refractivity contribution is 7.00. The van der Waals surface area contributed by atoms with E-state index in [2.05, 4.69) is 152 Å². The smallest absolute Gasteiger partial charge is 0.200 e. The summed E-state index contributed by atoms with van der Waals surface area (Å²) in [6.45, 7) is 39.6. The quantitative estimate of drug-likeness (QED) is 0.0479. The summed E-state index contributed by atoms with van der Waals surface area (Å²) < 4.78 is 56.4. The Balaban J connectivity index is 0.000000102. The van der Waals surface area contributed by atoms with Crippen molar-refractivity contribution < 1.29 is 18.8 Å². The van der Waals surface area contributed by atoms with Crippen LogP contribution in [0, 0.1) is 32.9 Å². The molecule has 16 heterocycles. The minimum atomic E-state index is -0.332. The Morgan fingerprint density at radius 2 is 0.618 bits per heavy atom. The van der Waals surface area contributed by atoms with Gasteiger partial charge in [0.1, 0.15) is 102 Å². The first-order chi connectivity index (χ1) is 67.1. The average molecular weight is 1860 g/mol. The summed E-state index contributed by atoms with van der Waals surface area (Å²) in [4.78, 5) is 23.6. The van der Waals surface area contributed by atoms with Gasteiger partial charge in [-0.1, -0.05) is 133 Å². The van der Waals surface area contributed by atoms with Crippen molar-refractivity contribution in [1.29, 1.82) is 0 Å². The van der Waals surface area contributed by atoms with E-state index in [1.54, 1.807) is 64.7 Å². The minimum absolute atomic E-state index is 0.245. The van der Waals surface area contributed by atoms with Crippen LogP contribution in [0.5, 0.6) is 17.2 Å². The maximum atomic E-state index is 7.97. The van der Waals surface area contributed by atoms with Crippen molar-refractivity contribution in [2.24, 2.45) is 0 Å². The van der Waals surface area contributed by atoms with Crippen LogP contribution in [-0.2, 0) is 0 Å². The average Bonchev–Trinajstić information content (AvgIpc) is 1.58. The fourth-order valence-electron chi connectivity index (χ4n) is 17.5. The Bertz CT molecular complexity index is 8210. The molecule has 5 atom stereocenters. The van der Waals surface area contributed by atoms with Crippen molar-refractivity contribution in [1.82, 2.24) is 101 Å². The first-order valence-electron chi connectivity index (χ1n) is 41.7. The van der Waals surface area contributed by atoms with Crippen molar-refractivity contribution in [3.8, 4) is 17.2 Å². The lowest BCUT2D eigenvalue weighted by Gasteiger charge is -2.27. The van der Waals surface area contributed by atoms with Crippen LogP contribution in [-0.4, -0.2) is 123 Å². The van der Waals surface area contributed by atoms with Gasteiger partial charge in [-0.2, -0.15) is 60.5 Å². The number of aromatic nitrogens is 21. The van der Waals surface area contributed by atoms with Gasteiger partial charge in [0.05, 0.1) is 167 Å². The highest BCUT2D eigenvalue weighted by Gasteiger charge is 2.41. The van der Waals surface area contributed by atoms with Crippen LogP contribution < -0.4 is 40.8 Å². The maximum absolute atomic E-state index is 7.97. The van der Waals surface area contributed by atoms with Crippen LogP contribution in [0.15, 0.2) is 283 Å². The number of hydrogen-bond donors (Lipinski definition) is 10. The molecule has 0 amide bonds. The molecule has 39 heteroatoms. The fourth-order valence-corrected chi connectivity index (χ4v) is 19.8. The van der Waals surface area contributed by atoms with Crippen molar-refractivity contribution in [3.05, 3.63) is 419 Å². The number of fused-ring (bicyclic) bond motifs is 10. The zero-order valence-electron chi connectivity index (χ0n) is 71.2. The molecule has 5 aliphatic rings. The van der Waals surface area contributed by atoms with Crippen LogP contribution in [0.25, 0.3) is 108 Å². The largest absolute Gasteiger partial charge is 0.497 e. The normalized spacial score (nSPS) is 15.9. The molecule has 5 unspecified atom stereocenters. The number of hydrogen-bond acceptors (Lipinski definition) is 29. The van der Waals surface area contributed by atoms with Crippen LogP contribution in [0.1, 0.15) is 113 Å². The molecule has 136 heavy (non-hydrogen) atoms. The number of methoxy groups -OCH3 is 3. The molecule has 11 aromatic heterocycles. The van der Waals surface area contributed by atoms with Gasteiger partial charge in [-0.05, 0) is 133 Å². The Hall–Kier alpha value is -18.6. The molecule has 0 saturated carbocycles. The number of allylic oxidation sites excluding steroid dienone is 5. The number of para-hydroxylation sites is 1. The van der Waals surface area contributed by atoms with Gasteiger partial charge in [-0.3, -0.25) is 30.5 Å². The third-order valence-corrected chi connectivity index (χ3v) is 25.9.